The Morgan fingerprint density at radius 3 is 1.74 bits per heavy atom. The number of hydrogen-bond acceptors (Lipinski definition) is 3. The Kier molecular flexibility index (Phi) is 8.80. The van der Waals surface area contributed by atoms with E-state index in [0.29, 0.717) is 6.42 Å². The molecule has 31 heavy (non-hydrogen) atoms. The molecule has 3 aromatic rings. The maximum Gasteiger partial charge on any atom is 0.441 e. The molecule has 3 aromatic carbocycles. The lowest BCUT2D eigenvalue weighted by Gasteiger charge is -2.19. The molecule has 3 rings (SSSR count). The van der Waals surface area contributed by atoms with Gasteiger partial charge in [0.25, 0.3) is 0 Å². The van der Waals surface area contributed by atoms with Crippen molar-refractivity contribution in [3.63, 3.8) is 0 Å². The topological polar surface area (TPSA) is 60.7 Å². The van der Waals surface area contributed by atoms with E-state index >= 15 is 0 Å². The normalized spacial score (nSPS) is 11.6. The fraction of sp³-hybridized carbons (Fsp3) is 0.333. The molecule has 3 N–H and O–H groups in total. The van der Waals surface area contributed by atoms with Gasteiger partial charge in [-0.05, 0) is 47.2 Å². The second-order valence-corrected chi connectivity index (χ2v) is 9.78. The predicted molar refractivity (Wildman–Crippen MR) is 132 cm³/mol. The first kappa shape index (κ1) is 23.6. The Balaban J connectivity index is 2.00. The van der Waals surface area contributed by atoms with Crippen LogP contribution in [0.2, 0.25) is 0 Å². The summed E-state index contributed by atoms with van der Waals surface area (Å²) in [5.41, 5.74) is 4.97. The molecule has 0 unspecified atom stereocenters. The first-order valence-corrected chi connectivity index (χ1v) is 13.0. The minimum absolute atomic E-state index is 0.275. The van der Waals surface area contributed by atoms with Crippen LogP contribution >= 0.6 is 7.94 Å². The molecule has 0 bridgehead atoms. The van der Waals surface area contributed by atoms with E-state index < -0.39 is 7.94 Å². The van der Waals surface area contributed by atoms with Crippen LogP contribution in [0, 0.1) is 0 Å². The monoisotopic (exact) mass is 437 g/mol. The third-order valence-corrected chi connectivity index (χ3v) is 6.85. The van der Waals surface area contributed by atoms with Crippen LogP contribution < -0.4 is 5.30 Å². The van der Waals surface area contributed by atoms with Gasteiger partial charge >= 0.3 is 7.94 Å². The van der Waals surface area contributed by atoms with E-state index in [1.54, 1.807) is 6.07 Å². The van der Waals surface area contributed by atoms with E-state index in [1.165, 1.54) is 32.1 Å². The standard InChI is InChI=1S/C27H34O3P/c1-2-3-4-5-6-7-14-19-25-26(31(28,29)30)21-20-24(22-15-10-8-11-16-22)27(25)23-17-12-9-13-18-23/h8-13,15-18,20-21,28-30H,2-7,14,19H2,1H3/q+1. The lowest BCUT2D eigenvalue weighted by Crippen LogP contribution is -2.17. The molecule has 0 heterocycles. The van der Waals surface area contributed by atoms with Gasteiger partial charge in [-0.25, -0.2) is 0 Å². The molecule has 0 aliphatic rings. The van der Waals surface area contributed by atoms with Crippen LogP contribution in [0.4, 0.5) is 0 Å². The first-order valence-electron chi connectivity index (χ1n) is 11.4. The zero-order valence-electron chi connectivity index (χ0n) is 18.4. The fourth-order valence-electron chi connectivity index (χ4n) is 4.22. The van der Waals surface area contributed by atoms with Crippen molar-refractivity contribution in [1.29, 1.82) is 0 Å². The summed E-state index contributed by atoms with van der Waals surface area (Å²) >= 11 is 0. The van der Waals surface area contributed by atoms with Crippen LogP contribution in [0.25, 0.3) is 22.3 Å². The van der Waals surface area contributed by atoms with Gasteiger partial charge in [0.05, 0.1) is 0 Å². The smallest absolute Gasteiger partial charge is 0.189 e. The highest BCUT2D eigenvalue weighted by Gasteiger charge is 2.38. The predicted octanol–water partition coefficient (Wildman–Crippen LogP) is 6.68. The molecule has 0 aliphatic heterocycles. The van der Waals surface area contributed by atoms with Crippen molar-refractivity contribution >= 4 is 13.2 Å². The van der Waals surface area contributed by atoms with Crippen molar-refractivity contribution in [3.05, 3.63) is 78.4 Å². The fourth-order valence-corrected chi connectivity index (χ4v) is 5.08. The summed E-state index contributed by atoms with van der Waals surface area (Å²) in [6.45, 7) is 2.22. The summed E-state index contributed by atoms with van der Waals surface area (Å²) in [5, 5.41) is 0.275. The molecule has 0 saturated heterocycles. The van der Waals surface area contributed by atoms with Crippen LogP contribution in [0.3, 0.4) is 0 Å². The molecule has 0 saturated carbocycles. The minimum atomic E-state index is -4.13. The molecule has 0 fully saturated rings. The van der Waals surface area contributed by atoms with Gasteiger partial charge in [0.2, 0.25) is 0 Å². The summed E-state index contributed by atoms with van der Waals surface area (Å²) in [5.74, 6) is 0. The SMILES string of the molecule is CCCCCCCCCc1c([P+](O)(O)O)ccc(-c2ccccc2)c1-c1ccccc1. The number of rotatable bonds is 11. The van der Waals surface area contributed by atoms with Gasteiger partial charge < -0.3 is 0 Å². The summed E-state index contributed by atoms with van der Waals surface area (Å²) < 4.78 is 0. The van der Waals surface area contributed by atoms with Crippen LogP contribution in [0.15, 0.2) is 72.8 Å². The zero-order valence-corrected chi connectivity index (χ0v) is 19.3. The van der Waals surface area contributed by atoms with Crippen LogP contribution in [0.5, 0.6) is 0 Å². The second-order valence-electron chi connectivity index (χ2n) is 8.16. The molecule has 3 nitrogen and oxygen atoms in total. The van der Waals surface area contributed by atoms with Crippen molar-refractivity contribution in [2.24, 2.45) is 0 Å². The Bertz CT molecular complexity index is 934. The lowest BCUT2D eigenvalue weighted by molar-refractivity contribution is 0.347. The van der Waals surface area contributed by atoms with Crippen molar-refractivity contribution in [2.45, 2.75) is 58.3 Å². The van der Waals surface area contributed by atoms with Gasteiger partial charge in [0.1, 0.15) is 0 Å². The Hall–Kier alpha value is -2.03. The van der Waals surface area contributed by atoms with Gasteiger partial charge in [-0.1, -0.05) is 106 Å². The number of unbranched alkanes of at least 4 members (excludes halogenated alkanes) is 6. The molecule has 0 amide bonds. The summed E-state index contributed by atoms with van der Waals surface area (Å²) in [7, 11) is -4.13. The minimum Gasteiger partial charge on any atom is -0.189 e. The lowest BCUT2D eigenvalue weighted by atomic mass is 9.88. The first-order chi connectivity index (χ1) is 15.0. The van der Waals surface area contributed by atoms with Crippen LogP contribution in [-0.2, 0) is 6.42 Å². The highest BCUT2D eigenvalue weighted by atomic mass is 31.2. The van der Waals surface area contributed by atoms with Gasteiger partial charge in [0, 0.05) is 5.56 Å². The molecular formula is C27H34O3P+. The van der Waals surface area contributed by atoms with Crippen molar-refractivity contribution < 1.29 is 14.7 Å². The van der Waals surface area contributed by atoms with Gasteiger partial charge in [-0.3, -0.25) is 0 Å². The molecular weight excluding hydrogens is 403 g/mol. The third-order valence-electron chi connectivity index (χ3n) is 5.79. The summed E-state index contributed by atoms with van der Waals surface area (Å²) in [6, 6.07) is 23.8. The van der Waals surface area contributed by atoms with E-state index in [-0.39, 0.29) is 5.30 Å². The molecule has 0 aliphatic carbocycles. The molecule has 0 spiro atoms. The van der Waals surface area contributed by atoms with E-state index in [1.807, 2.05) is 54.6 Å². The molecule has 0 aromatic heterocycles. The third kappa shape index (κ3) is 6.48. The average Bonchev–Trinajstić information content (AvgIpc) is 2.78. The van der Waals surface area contributed by atoms with Crippen molar-refractivity contribution in [3.8, 4) is 22.3 Å². The van der Waals surface area contributed by atoms with Gasteiger partial charge in [0.15, 0.2) is 5.30 Å². The molecule has 164 valence electrons. The van der Waals surface area contributed by atoms with E-state index in [0.717, 1.165) is 40.7 Å². The Labute approximate surface area is 187 Å². The highest BCUT2D eigenvalue weighted by molar-refractivity contribution is 7.66. The quantitative estimate of drug-likeness (QED) is 0.232. The van der Waals surface area contributed by atoms with Crippen molar-refractivity contribution in [2.75, 3.05) is 0 Å². The number of benzene rings is 3. The zero-order chi connectivity index (χ0) is 22.1. The Morgan fingerprint density at radius 1 is 0.613 bits per heavy atom. The summed E-state index contributed by atoms with van der Waals surface area (Å²) in [4.78, 5) is 30.7. The molecule has 4 heteroatoms. The number of hydrogen-bond donors (Lipinski definition) is 3. The van der Waals surface area contributed by atoms with Gasteiger partial charge in [-0.2, -0.15) is 14.7 Å². The van der Waals surface area contributed by atoms with E-state index in [2.05, 4.69) is 19.1 Å². The van der Waals surface area contributed by atoms with E-state index in [4.69, 9.17) is 0 Å². The maximum absolute atomic E-state index is 10.2. The summed E-state index contributed by atoms with van der Waals surface area (Å²) in [6.07, 6.45) is 8.99. The second kappa shape index (κ2) is 11.5. The molecule has 0 radical (unpaired) electrons. The average molecular weight is 438 g/mol. The van der Waals surface area contributed by atoms with Crippen LogP contribution in [0.1, 0.15) is 57.4 Å². The molecule has 0 atom stereocenters. The largest absolute Gasteiger partial charge is 0.441 e. The van der Waals surface area contributed by atoms with Gasteiger partial charge in [-0.15, -0.1) is 0 Å². The van der Waals surface area contributed by atoms with E-state index in [9.17, 15) is 14.7 Å². The maximum atomic E-state index is 10.2. The van der Waals surface area contributed by atoms with Crippen molar-refractivity contribution in [1.82, 2.24) is 0 Å². The Morgan fingerprint density at radius 2 is 1.16 bits per heavy atom. The van der Waals surface area contributed by atoms with Crippen LogP contribution in [-0.4, -0.2) is 14.7 Å². The highest BCUT2D eigenvalue weighted by Crippen LogP contribution is 2.47.